The van der Waals surface area contributed by atoms with Crippen LogP contribution in [-0.4, -0.2) is 0 Å². The molecule has 12 rings (SSSR count). The molecule has 0 aliphatic carbocycles. The quantitative estimate of drug-likeness (QED) is 0.626. The fourth-order valence-electron chi connectivity index (χ4n) is 19.5. The summed E-state index contributed by atoms with van der Waals surface area (Å²) in [5.41, 5.74) is 3.70. The van der Waals surface area contributed by atoms with Gasteiger partial charge in [0.25, 0.3) is 0 Å². The van der Waals surface area contributed by atoms with Crippen LogP contribution >= 0.6 is 0 Å². The van der Waals surface area contributed by atoms with Crippen LogP contribution in [0.5, 0.6) is 0 Å². The maximum absolute atomic E-state index is 3.34. The van der Waals surface area contributed by atoms with Gasteiger partial charge in [-0.25, -0.2) is 0 Å². The van der Waals surface area contributed by atoms with Crippen molar-refractivity contribution >= 4 is 0 Å². The van der Waals surface area contributed by atoms with Crippen LogP contribution in [0.25, 0.3) is 0 Å². The summed E-state index contributed by atoms with van der Waals surface area (Å²) in [6, 6.07) is 24.1. The molecule has 0 saturated carbocycles. The Kier molecular flexibility index (Phi) is 0.350. The Morgan fingerprint density at radius 1 is 0.522 bits per heavy atom. The van der Waals surface area contributed by atoms with Gasteiger partial charge in [-0.3, -0.25) is 0 Å². The Bertz CT molecular complexity index is 1330. The summed E-state index contributed by atoms with van der Waals surface area (Å²) in [4.78, 5) is 10.7. The van der Waals surface area contributed by atoms with Crippen molar-refractivity contribution in [2.45, 2.75) is 47.2 Å². The van der Waals surface area contributed by atoms with Crippen molar-refractivity contribution in [3.63, 3.8) is 0 Å². The third-order valence-corrected chi connectivity index (χ3v) is 60.0. The third kappa shape index (κ3) is 0.118. The van der Waals surface area contributed by atoms with E-state index in [1.54, 1.807) is 0 Å². The van der Waals surface area contributed by atoms with Gasteiger partial charge in [-0.1, -0.05) is 0 Å². The van der Waals surface area contributed by atoms with Gasteiger partial charge in [0, 0.05) is 0 Å². The molecule has 10 saturated heterocycles. The van der Waals surface area contributed by atoms with Gasteiger partial charge < -0.3 is 0 Å². The van der Waals surface area contributed by atoms with Crippen LogP contribution in [0.2, 0.25) is 38.5 Å². The predicted molar refractivity (Wildman–Crippen MR) is 86.2 cm³/mol. The number of fused-ring (bicyclic) bond motifs is 10. The molecule has 1 spiro atoms. The van der Waals surface area contributed by atoms with Crippen LogP contribution in [-0.2, 0) is 15.1 Å². The Hall–Kier alpha value is -1.04. The van der Waals surface area contributed by atoms with Crippen molar-refractivity contribution in [3.05, 3.63) is 71.8 Å². The van der Waals surface area contributed by atoms with Crippen molar-refractivity contribution in [2.24, 2.45) is 0 Å². The van der Waals surface area contributed by atoms with E-state index in [2.05, 4.69) is 60.7 Å². The van der Waals surface area contributed by atoms with E-state index in [1.807, 2.05) is 11.1 Å². The van der Waals surface area contributed by atoms with Gasteiger partial charge in [-0.2, -0.15) is 0 Å². The normalized spacial score (nSPS) is 94.1. The van der Waals surface area contributed by atoms with Gasteiger partial charge in [0.05, 0.1) is 0 Å². The van der Waals surface area contributed by atoms with Crippen molar-refractivity contribution in [1.29, 1.82) is 0 Å². The first-order valence-corrected chi connectivity index (χ1v) is 15.7. The van der Waals surface area contributed by atoms with Gasteiger partial charge in [-0.05, 0) is 0 Å². The maximum atomic E-state index is 2.56. The van der Waals surface area contributed by atoms with E-state index in [-0.39, 0.29) is 0 Å². The zero-order valence-corrected chi connectivity index (χ0v) is 13.9. The first kappa shape index (κ1) is 8.88. The third-order valence-electron chi connectivity index (χ3n) is 17.2. The van der Waals surface area contributed by atoms with Crippen LogP contribution < -0.4 is 0 Å². The molecule has 0 nitrogen and oxygen atoms in total. The molecule has 0 amide bonds. The predicted octanol–water partition coefficient (Wildman–Crippen LogP) is 5.59. The van der Waals surface area contributed by atoms with Gasteiger partial charge in [0.1, 0.15) is 0 Å². The fraction of sp³-hybridized carbons (Fsp3) is 0.455. The summed E-state index contributed by atoms with van der Waals surface area (Å²) < 4.78 is 1.71. The number of benzene rings is 2. The van der Waals surface area contributed by atoms with E-state index in [0.717, 1.165) is 8.63 Å². The van der Waals surface area contributed by atoms with Gasteiger partial charge in [-0.15, -0.1) is 0 Å². The van der Waals surface area contributed by atoms with E-state index in [9.17, 15) is 0 Å². The Morgan fingerprint density at radius 3 is 1.17 bits per heavy atom. The van der Waals surface area contributed by atoms with Gasteiger partial charge in [0.2, 0.25) is 0 Å². The van der Waals surface area contributed by atoms with Gasteiger partial charge >= 0.3 is 125 Å². The molecule has 2 aromatic rings. The fourth-order valence-corrected chi connectivity index (χ4v) is 95.8. The molecule has 0 bridgehead atoms. The van der Waals surface area contributed by atoms with Gasteiger partial charge in [0.15, 0.2) is 0 Å². The second kappa shape index (κ2) is 0.907. The standard InChI is InChI=1S/2C11H9.Fe/c2*1-2-6-10(7-3-1)11-8-4-5-9-11;/h2*1-9H;. The van der Waals surface area contributed by atoms with Crippen LogP contribution in [0.3, 0.4) is 0 Å². The second-order valence-corrected chi connectivity index (χ2v) is 35.7. The molecule has 8 unspecified atom stereocenters. The Morgan fingerprint density at radius 2 is 0.870 bits per heavy atom. The topological polar surface area (TPSA) is 0 Å². The second-order valence-electron chi connectivity index (χ2n) is 12.5. The minimum absolute atomic E-state index is 0.853. The molecule has 0 radical (unpaired) electrons. The molecule has 8 atom stereocenters. The van der Waals surface area contributed by atoms with E-state index in [1.165, 1.54) is 38.5 Å². The average Bonchev–Trinajstić information content (AvgIpc) is 3.56. The number of hydrogen-bond donors (Lipinski definition) is 0. The SMILES string of the molecule is c1ccc([C]23[CH]4[CH]5[CH]6[CH]2[Fe]56432789[CH]3[CH]2[CH]7[C]8(c2ccccc2)[CH]39)cc1. The molecule has 0 N–H and O–H groups in total. The molecule has 23 heavy (non-hydrogen) atoms. The summed E-state index contributed by atoms with van der Waals surface area (Å²) in [6.45, 7) is -3.34. The Labute approximate surface area is 125 Å². The summed E-state index contributed by atoms with van der Waals surface area (Å²) in [7, 11) is 0. The molecule has 10 aliphatic heterocycles. The van der Waals surface area contributed by atoms with E-state index >= 15 is 0 Å². The van der Waals surface area contributed by atoms with Crippen LogP contribution in [0.4, 0.5) is 0 Å². The molecule has 1 heteroatoms. The summed E-state index contributed by atoms with van der Waals surface area (Å²) >= 11 is 0. The van der Waals surface area contributed by atoms with Crippen LogP contribution in [0.1, 0.15) is 11.1 Å². The summed E-state index contributed by atoms with van der Waals surface area (Å²) in [6.07, 6.45) is 0. The number of rotatable bonds is 2. The molecule has 10 aliphatic rings. The minimum atomic E-state index is -3.34. The molecule has 10 heterocycles. The molecular weight excluding hydrogens is 320 g/mol. The Balaban J connectivity index is 1.42. The van der Waals surface area contributed by atoms with Crippen molar-refractivity contribution in [1.82, 2.24) is 0 Å². The van der Waals surface area contributed by atoms with Crippen molar-refractivity contribution in [2.75, 3.05) is 0 Å². The first-order valence-electron chi connectivity index (χ1n) is 9.46. The van der Waals surface area contributed by atoms with Crippen molar-refractivity contribution < 1.29 is 6.51 Å². The molecule has 114 valence electrons. The summed E-state index contributed by atoms with van der Waals surface area (Å²) in [5, 5.41) is 0. The van der Waals surface area contributed by atoms with Crippen LogP contribution in [0.15, 0.2) is 60.7 Å². The zero-order chi connectivity index (χ0) is 14.2. The molecular formula is C22H18Fe. The summed E-state index contributed by atoms with van der Waals surface area (Å²) in [5.74, 6) is 0. The van der Waals surface area contributed by atoms with Crippen molar-refractivity contribution in [3.8, 4) is 0 Å². The van der Waals surface area contributed by atoms with Crippen LogP contribution in [0, 0.1) is 0 Å². The first-order chi connectivity index (χ1) is 11.1. The van der Waals surface area contributed by atoms with E-state index in [0.29, 0.717) is 0 Å². The average molecular weight is 338 g/mol. The number of hydrogen-bond acceptors (Lipinski definition) is 0. The molecule has 2 aromatic carbocycles. The van der Waals surface area contributed by atoms with E-state index in [4.69, 9.17) is 0 Å². The zero-order valence-electron chi connectivity index (χ0n) is 12.7. The molecule has 0 aromatic heterocycles. The monoisotopic (exact) mass is 338 g/mol. The molecule has 10 fully saturated rings. The van der Waals surface area contributed by atoms with E-state index < -0.39 is 6.51 Å².